The lowest BCUT2D eigenvalue weighted by Gasteiger charge is -2.19. The van der Waals surface area contributed by atoms with Crippen molar-refractivity contribution in [1.29, 1.82) is 0 Å². The van der Waals surface area contributed by atoms with Gasteiger partial charge in [0.2, 0.25) is 0 Å². The number of aliphatic hydroxyl groups excluding tert-OH is 1. The zero-order valence-electron chi connectivity index (χ0n) is 10.2. The molecule has 4 heteroatoms. The second kappa shape index (κ2) is 4.67. The number of aliphatic hydroxyl groups is 1. The van der Waals surface area contributed by atoms with Gasteiger partial charge in [0.05, 0.1) is 17.6 Å². The Bertz CT molecular complexity index is 476. The van der Waals surface area contributed by atoms with Crippen LogP contribution < -0.4 is 0 Å². The number of para-hydroxylation sites is 1. The molecule has 0 unspecified atom stereocenters. The lowest BCUT2D eigenvalue weighted by Crippen LogP contribution is -2.19. The maximum atomic E-state index is 9.22. The van der Waals surface area contributed by atoms with Crippen molar-refractivity contribution in [3.63, 3.8) is 0 Å². The number of hydrogen-bond acceptors (Lipinski definition) is 3. The summed E-state index contributed by atoms with van der Waals surface area (Å²) in [4.78, 5) is 0. The highest BCUT2D eigenvalue weighted by atomic mass is 16.3. The first-order chi connectivity index (χ1) is 8.11. The minimum Gasteiger partial charge on any atom is -0.396 e. The average molecular weight is 231 g/mol. The van der Waals surface area contributed by atoms with E-state index < -0.39 is 0 Å². The van der Waals surface area contributed by atoms with Crippen LogP contribution in [0.15, 0.2) is 36.5 Å². The topological polar surface area (TPSA) is 50.9 Å². The van der Waals surface area contributed by atoms with Crippen molar-refractivity contribution in [2.45, 2.75) is 20.3 Å². The molecule has 4 nitrogen and oxygen atoms in total. The number of hydrogen-bond donors (Lipinski definition) is 1. The van der Waals surface area contributed by atoms with Crippen molar-refractivity contribution in [2.24, 2.45) is 5.41 Å². The molecule has 0 aliphatic heterocycles. The molecule has 1 N–H and O–H groups in total. The van der Waals surface area contributed by atoms with Gasteiger partial charge in [-0.1, -0.05) is 37.3 Å². The first-order valence-electron chi connectivity index (χ1n) is 5.68. The van der Waals surface area contributed by atoms with Gasteiger partial charge < -0.3 is 5.11 Å². The average Bonchev–Trinajstić information content (AvgIpc) is 2.78. The van der Waals surface area contributed by atoms with Crippen LogP contribution in [0.1, 0.15) is 19.5 Å². The van der Waals surface area contributed by atoms with Crippen LogP contribution in [0.25, 0.3) is 5.69 Å². The lowest BCUT2D eigenvalue weighted by molar-refractivity contribution is 0.158. The van der Waals surface area contributed by atoms with Gasteiger partial charge in [-0.25, -0.2) is 4.68 Å². The Morgan fingerprint density at radius 1 is 1.24 bits per heavy atom. The fraction of sp³-hybridized carbons (Fsp3) is 0.385. The largest absolute Gasteiger partial charge is 0.396 e. The predicted octanol–water partition coefficient (Wildman–Crippen LogP) is 1.83. The molecule has 0 fully saturated rings. The molecule has 2 rings (SSSR count). The molecule has 17 heavy (non-hydrogen) atoms. The Morgan fingerprint density at radius 2 is 1.94 bits per heavy atom. The smallest absolute Gasteiger partial charge is 0.0838 e. The summed E-state index contributed by atoms with van der Waals surface area (Å²) in [6.07, 6.45) is 2.63. The molecule has 0 saturated carbocycles. The highest BCUT2D eigenvalue weighted by Crippen LogP contribution is 2.19. The van der Waals surface area contributed by atoms with E-state index in [-0.39, 0.29) is 12.0 Å². The van der Waals surface area contributed by atoms with E-state index in [4.69, 9.17) is 0 Å². The van der Waals surface area contributed by atoms with Crippen LogP contribution in [0.4, 0.5) is 0 Å². The maximum Gasteiger partial charge on any atom is 0.0838 e. The molecule has 0 saturated heterocycles. The summed E-state index contributed by atoms with van der Waals surface area (Å²) in [6, 6.07) is 9.87. The van der Waals surface area contributed by atoms with Crippen LogP contribution in [0.5, 0.6) is 0 Å². The number of rotatable bonds is 4. The molecule has 2 aromatic rings. The number of aromatic nitrogens is 3. The Morgan fingerprint density at radius 3 is 2.59 bits per heavy atom. The van der Waals surface area contributed by atoms with E-state index in [1.807, 2.05) is 50.4 Å². The summed E-state index contributed by atoms with van der Waals surface area (Å²) >= 11 is 0. The third-order valence-electron chi connectivity index (χ3n) is 2.65. The van der Waals surface area contributed by atoms with Gasteiger partial charge in [-0.2, -0.15) is 0 Å². The zero-order valence-corrected chi connectivity index (χ0v) is 10.2. The first kappa shape index (κ1) is 11.8. The molecule has 0 spiro atoms. The van der Waals surface area contributed by atoms with Gasteiger partial charge >= 0.3 is 0 Å². The van der Waals surface area contributed by atoms with Crippen molar-refractivity contribution >= 4 is 0 Å². The molecule has 0 bridgehead atoms. The molecule has 1 aromatic heterocycles. The van der Waals surface area contributed by atoms with Gasteiger partial charge in [-0.3, -0.25) is 0 Å². The Balaban J connectivity index is 2.17. The summed E-state index contributed by atoms with van der Waals surface area (Å²) < 4.78 is 1.75. The third kappa shape index (κ3) is 2.91. The second-order valence-corrected chi connectivity index (χ2v) is 4.99. The Labute approximate surface area is 101 Å². The molecule has 0 aliphatic carbocycles. The van der Waals surface area contributed by atoms with Gasteiger partial charge in [0.25, 0.3) is 0 Å². The second-order valence-electron chi connectivity index (χ2n) is 4.99. The van der Waals surface area contributed by atoms with Crippen molar-refractivity contribution in [3.8, 4) is 5.69 Å². The summed E-state index contributed by atoms with van der Waals surface area (Å²) in [6.45, 7) is 4.16. The highest BCUT2D eigenvalue weighted by Gasteiger charge is 2.19. The van der Waals surface area contributed by atoms with E-state index in [0.29, 0.717) is 0 Å². The Hall–Kier alpha value is -1.68. The quantitative estimate of drug-likeness (QED) is 0.873. The standard InChI is InChI=1S/C13H17N3O/c1-13(2,10-17)8-11-9-16(15-14-11)12-6-4-3-5-7-12/h3-7,9,17H,8,10H2,1-2H3. The van der Waals surface area contributed by atoms with E-state index in [0.717, 1.165) is 17.8 Å². The van der Waals surface area contributed by atoms with Crippen LogP contribution in [0.3, 0.4) is 0 Å². The maximum absolute atomic E-state index is 9.22. The van der Waals surface area contributed by atoms with E-state index in [1.54, 1.807) is 4.68 Å². The molecule has 90 valence electrons. The van der Waals surface area contributed by atoms with E-state index in [9.17, 15) is 5.11 Å². The molecule has 1 heterocycles. The summed E-state index contributed by atoms with van der Waals surface area (Å²) in [7, 11) is 0. The van der Waals surface area contributed by atoms with Gasteiger partial charge in [-0.15, -0.1) is 5.10 Å². The van der Waals surface area contributed by atoms with E-state index >= 15 is 0 Å². The summed E-state index contributed by atoms with van der Waals surface area (Å²) in [5.74, 6) is 0. The number of benzene rings is 1. The van der Waals surface area contributed by atoms with Crippen LogP contribution in [0.2, 0.25) is 0 Å². The van der Waals surface area contributed by atoms with Crippen LogP contribution >= 0.6 is 0 Å². The normalized spacial score (nSPS) is 11.7. The minimum atomic E-state index is -0.155. The van der Waals surface area contributed by atoms with Crippen LogP contribution in [-0.4, -0.2) is 26.7 Å². The molecule has 0 radical (unpaired) electrons. The first-order valence-corrected chi connectivity index (χ1v) is 5.68. The van der Waals surface area contributed by atoms with Crippen LogP contribution in [-0.2, 0) is 6.42 Å². The highest BCUT2D eigenvalue weighted by molar-refractivity contribution is 5.29. The molecule has 1 aromatic carbocycles. The fourth-order valence-electron chi connectivity index (χ4n) is 1.63. The molecule has 0 amide bonds. The Kier molecular flexibility index (Phi) is 3.24. The SMILES string of the molecule is CC(C)(CO)Cc1cn(-c2ccccc2)nn1. The molecule has 0 atom stereocenters. The van der Waals surface area contributed by atoms with E-state index in [1.165, 1.54) is 0 Å². The van der Waals surface area contributed by atoms with Crippen molar-refractivity contribution in [3.05, 3.63) is 42.2 Å². The monoisotopic (exact) mass is 231 g/mol. The number of nitrogens with zero attached hydrogens (tertiary/aromatic N) is 3. The van der Waals surface area contributed by atoms with Crippen molar-refractivity contribution < 1.29 is 5.11 Å². The fourth-order valence-corrected chi connectivity index (χ4v) is 1.63. The third-order valence-corrected chi connectivity index (χ3v) is 2.65. The van der Waals surface area contributed by atoms with E-state index in [2.05, 4.69) is 10.3 Å². The lowest BCUT2D eigenvalue weighted by atomic mass is 9.89. The molecular formula is C13H17N3O. The zero-order chi connectivity index (χ0) is 12.3. The van der Waals surface area contributed by atoms with Gasteiger partial charge in [-0.05, 0) is 17.5 Å². The van der Waals surface area contributed by atoms with Gasteiger partial charge in [0.1, 0.15) is 0 Å². The van der Waals surface area contributed by atoms with Gasteiger partial charge in [0, 0.05) is 13.0 Å². The van der Waals surface area contributed by atoms with Crippen LogP contribution in [0, 0.1) is 5.41 Å². The minimum absolute atomic E-state index is 0.144. The van der Waals surface area contributed by atoms with Gasteiger partial charge in [0.15, 0.2) is 0 Å². The summed E-state index contributed by atoms with van der Waals surface area (Å²) in [5, 5.41) is 17.4. The predicted molar refractivity (Wildman–Crippen MR) is 65.9 cm³/mol. The molecule has 0 aliphatic rings. The van der Waals surface area contributed by atoms with Crippen molar-refractivity contribution in [2.75, 3.05) is 6.61 Å². The van der Waals surface area contributed by atoms with Crippen molar-refractivity contribution in [1.82, 2.24) is 15.0 Å². The summed E-state index contributed by atoms with van der Waals surface area (Å²) in [5.41, 5.74) is 1.73. The molecular weight excluding hydrogens is 214 g/mol.